The zero-order chi connectivity index (χ0) is 12.8. The molecule has 5 nitrogen and oxygen atoms in total. The molecule has 0 saturated heterocycles. The molecule has 0 spiro atoms. The topological polar surface area (TPSA) is 80.9 Å². The highest BCUT2D eigenvalue weighted by Gasteiger charge is 2.06. The largest absolute Gasteiger partial charge is 0.346 e. The maximum Gasteiger partial charge on any atom is 0.251 e. The summed E-state index contributed by atoms with van der Waals surface area (Å²) in [5, 5.41) is 2.80. The van der Waals surface area contributed by atoms with Gasteiger partial charge in [-0.05, 0) is 24.3 Å². The highest BCUT2D eigenvalue weighted by molar-refractivity contribution is 5.94. The minimum absolute atomic E-state index is 0.155. The summed E-state index contributed by atoms with van der Waals surface area (Å²) in [7, 11) is 0. The van der Waals surface area contributed by atoms with Gasteiger partial charge in [0.25, 0.3) is 5.91 Å². The summed E-state index contributed by atoms with van der Waals surface area (Å²) in [5.41, 5.74) is 7.55. The van der Waals surface area contributed by atoms with Crippen LogP contribution < -0.4 is 11.1 Å². The van der Waals surface area contributed by atoms with E-state index in [1.165, 1.54) is 0 Å². The summed E-state index contributed by atoms with van der Waals surface area (Å²) in [6, 6.07) is 8.92. The van der Waals surface area contributed by atoms with Gasteiger partial charge in [-0.3, -0.25) is 14.8 Å². The Labute approximate surface area is 105 Å². The smallest absolute Gasteiger partial charge is 0.251 e. The highest BCUT2D eigenvalue weighted by atomic mass is 16.1. The molecule has 0 aliphatic heterocycles. The Morgan fingerprint density at radius 3 is 2.72 bits per heavy atom. The Balaban J connectivity index is 1.99. The summed E-state index contributed by atoms with van der Waals surface area (Å²) in [4.78, 5) is 20.1. The molecular formula is C13H14N4O. The lowest BCUT2D eigenvalue weighted by molar-refractivity contribution is 0.0950. The van der Waals surface area contributed by atoms with Crippen molar-refractivity contribution in [3.8, 4) is 0 Å². The molecular weight excluding hydrogens is 228 g/mol. The van der Waals surface area contributed by atoms with Crippen molar-refractivity contribution in [2.45, 2.75) is 13.1 Å². The van der Waals surface area contributed by atoms with Crippen molar-refractivity contribution in [1.82, 2.24) is 15.3 Å². The SMILES string of the molecule is NCc1cc(C(=O)NCc2ccccn2)ccn1. The number of hydrogen-bond acceptors (Lipinski definition) is 4. The second kappa shape index (κ2) is 5.88. The van der Waals surface area contributed by atoms with Crippen LogP contribution in [0.1, 0.15) is 21.7 Å². The van der Waals surface area contributed by atoms with Gasteiger partial charge in [0, 0.05) is 24.5 Å². The summed E-state index contributed by atoms with van der Waals surface area (Å²) >= 11 is 0. The molecule has 5 heteroatoms. The average molecular weight is 242 g/mol. The molecule has 2 aromatic rings. The van der Waals surface area contributed by atoms with E-state index in [0.717, 1.165) is 5.69 Å². The van der Waals surface area contributed by atoms with Crippen LogP contribution in [-0.4, -0.2) is 15.9 Å². The van der Waals surface area contributed by atoms with E-state index in [4.69, 9.17) is 5.73 Å². The van der Waals surface area contributed by atoms with E-state index in [2.05, 4.69) is 15.3 Å². The van der Waals surface area contributed by atoms with E-state index >= 15 is 0 Å². The first-order valence-electron chi connectivity index (χ1n) is 5.62. The summed E-state index contributed by atoms with van der Waals surface area (Å²) in [5.74, 6) is -0.155. The lowest BCUT2D eigenvalue weighted by Gasteiger charge is -2.05. The maximum absolute atomic E-state index is 11.9. The first-order chi connectivity index (χ1) is 8.79. The number of pyridine rings is 2. The molecule has 0 aliphatic rings. The zero-order valence-corrected chi connectivity index (χ0v) is 9.84. The third-order valence-corrected chi connectivity index (χ3v) is 2.44. The quantitative estimate of drug-likeness (QED) is 0.833. The highest BCUT2D eigenvalue weighted by Crippen LogP contribution is 2.02. The summed E-state index contributed by atoms with van der Waals surface area (Å²) in [6.07, 6.45) is 3.28. The minimum Gasteiger partial charge on any atom is -0.346 e. The first kappa shape index (κ1) is 12.2. The first-order valence-corrected chi connectivity index (χ1v) is 5.62. The second-order valence-corrected chi connectivity index (χ2v) is 3.74. The number of hydrogen-bond donors (Lipinski definition) is 2. The van der Waals surface area contributed by atoms with Gasteiger partial charge in [-0.1, -0.05) is 6.07 Å². The lowest BCUT2D eigenvalue weighted by atomic mass is 10.2. The second-order valence-electron chi connectivity index (χ2n) is 3.74. The standard InChI is InChI=1S/C13H14N4O/c14-8-12-7-10(4-6-16-12)13(18)17-9-11-3-1-2-5-15-11/h1-7H,8-9,14H2,(H,17,18). The number of nitrogens with one attached hydrogen (secondary N) is 1. The van der Waals surface area contributed by atoms with Gasteiger partial charge in [0.15, 0.2) is 0 Å². The van der Waals surface area contributed by atoms with E-state index < -0.39 is 0 Å². The zero-order valence-electron chi connectivity index (χ0n) is 9.84. The van der Waals surface area contributed by atoms with Crippen LogP contribution in [-0.2, 0) is 13.1 Å². The number of rotatable bonds is 4. The fraction of sp³-hybridized carbons (Fsp3) is 0.154. The fourth-order valence-corrected chi connectivity index (χ4v) is 1.51. The molecule has 1 amide bonds. The van der Waals surface area contributed by atoms with Crippen LogP contribution >= 0.6 is 0 Å². The Bertz CT molecular complexity index is 528. The molecule has 0 aromatic carbocycles. The van der Waals surface area contributed by atoms with Crippen LogP contribution in [0.15, 0.2) is 42.7 Å². The summed E-state index contributed by atoms with van der Waals surface area (Å²) < 4.78 is 0. The Morgan fingerprint density at radius 2 is 2.00 bits per heavy atom. The van der Waals surface area contributed by atoms with E-state index in [0.29, 0.717) is 24.3 Å². The maximum atomic E-state index is 11.9. The van der Waals surface area contributed by atoms with Gasteiger partial charge in [-0.15, -0.1) is 0 Å². The monoisotopic (exact) mass is 242 g/mol. The van der Waals surface area contributed by atoms with Gasteiger partial charge < -0.3 is 11.1 Å². The average Bonchev–Trinajstić information content (AvgIpc) is 2.46. The van der Waals surface area contributed by atoms with Gasteiger partial charge in [0.2, 0.25) is 0 Å². The molecule has 0 aliphatic carbocycles. The van der Waals surface area contributed by atoms with Crippen LogP contribution in [0.25, 0.3) is 0 Å². The Kier molecular flexibility index (Phi) is 3.98. The molecule has 2 rings (SSSR count). The predicted octanol–water partition coefficient (Wildman–Crippen LogP) is 0.865. The molecule has 0 unspecified atom stereocenters. The molecule has 0 atom stereocenters. The molecule has 2 heterocycles. The third-order valence-electron chi connectivity index (χ3n) is 2.44. The van der Waals surface area contributed by atoms with E-state index in [9.17, 15) is 4.79 Å². The van der Waals surface area contributed by atoms with E-state index in [1.807, 2.05) is 18.2 Å². The molecule has 92 valence electrons. The molecule has 2 aromatic heterocycles. The Morgan fingerprint density at radius 1 is 1.17 bits per heavy atom. The fourth-order valence-electron chi connectivity index (χ4n) is 1.51. The van der Waals surface area contributed by atoms with Crippen molar-refractivity contribution in [2.24, 2.45) is 5.73 Å². The number of amides is 1. The Hall–Kier alpha value is -2.27. The number of aromatic nitrogens is 2. The van der Waals surface area contributed by atoms with Crippen molar-refractivity contribution in [1.29, 1.82) is 0 Å². The molecule has 0 fully saturated rings. The molecule has 18 heavy (non-hydrogen) atoms. The van der Waals surface area contributed by atoms with Gasteiger partial charge in [-0.2, -0.15) is 0 Å². The molecule has 3 N–H and O–H groups in total. The van der Waals surface area contributed by atoms with Gasteiger partial charge >= 0.3 is 0 Å². The lowest BCUT2D eigenvalue weighted by Crippen LogP contribution is -2.23. The number of carbonyl (C=O) groups excluding carboxylic acids is 1. The van der Waals surface area contributed by atoms with E-state index in [-0.39, 0.29) is 5.91 Å². The number of carbonyl (C=O) groups is 1. The van der Waals surface area contributed by atoms with Crippen molar-refractivity contribution in [2.75, 3.05) is 0 Å². The van der Waals surface area contributed by atoms with Gasteiger partial charge in [-0.25, -0.2) is 0 Å². The van der Waals surface area contributed by atoms with Crippen molar-refractivity contribution in [3.63, 3.8) is 0 Å². The van der Waals surface area contributed by atoms with E-state index in [1.54, 1.807) is 24.5 Å². The molecule has 0 saturated carbocycles. The van der Waals surface area contributed by atoms with Crippen LogP contribution in [0, 0.1) is 0 Å². The number of nitrogens with zero attached hydrogens (tertiary/aromatic N) is 2. The van der Waals surface area contributed by atoms with Crippen molar-refractivity contribution in [3.05, 3.63) is 59.7 Å². The normalized spacial score (nSPS) is 10.1. The third kappa shape index (κ3) is 3.11. The van der Waals surface area contributed by atoms with Crippen molar-refractivity contribution < 1.29 is 4.79 Å². The van der Waals surface area contributed by atoms with Gasteiger partial charge in [0.05, 0.1) is 17.9 Å². The number of nitrogens with two attached hydrogens (primary N) is 1. The van der Waals surface area contributed by atoms with Crippen LogP contribution in [0.3, 0.4) is 0 Å². The van der Waals surface area contributed by atoms with Crippen LogP contribution in [0.2, 0.25) is 0 Å². The van der Waals surface area contributed by atoms with Crippen LogP contribution in [0.4, 0.5) is 0 Å². The molecule has 0 bridgehead atoms. The van der Waals surface area contributed by atoms with Crippen molar-refractivity contribution >= 4 is 5.91 Å². The molecule has 0 radical (unpaired) electrons. The van der Waals surface area contributed by atoms with Crippen LogP contribution in [0.5, 0.6) is 0 Å². The predicted molar refractivity (Wildman–Crippen MR) is 67.5 cm³/mol. The summed E-state index contributed by atoms with van der Waals surface area (Å²) in [6.45, 7) is 0.724. The van der Waals surface area contributed by atoms with Gasteiger partial charge in [0.1, 0.15) is 0 Å². The minimum atomic E-state index is -0.155.